The Bertz CT molecular complexity index is 965. The highest BCUT2D eigenvalue weighted by atomic mass is 16.2. The summed E-state index contributed by atoms with van der Waals surface area (Å²) < 4.78 is 0. The zero-order valence-electron chi connectivity index (χ0n) is 19.1. The van der Waals surface area contributed by atoms with Crippen molar-refractivity contribution in [3.05, 3.63) is 23.0 Å². The highest BCUT2D eigenvalue weighted by Gasteiger charge is 2.35. The lowest BCUT2D eigenvalue weighted by atomic mass is 10.1. The number of aromatic amines is 1. The number of nitrogens with one attached hydrogen (secondary N) is 4. The van der Waals surface area contributed by atoms with Gasteiger partial charge in [-0.25, -0.2) is 4.98 Å². The Morgan fingerprint density at radius 1 is 1.19 bits per heavy atom. The van der Waals surface area contributed by atoms with Crippen molar-refractivity contribution in [2.75, 3.05) is 29.9 Å². The lowest BCUT2D eigenvalue weighted by Crippen LogP contribution is -2.51. The van der Waals surface area contributed by atoms with E-state index in [4.69, 9.17) is 9.97 Å². The first kappa shape index (κ1) is 21.2. The Morgan fingerprint density at radius 3 is 2.88 bits per heavy atom. The van der Waals surface area contributed by atoms with Crippen LogP contribution in [0.4, 0.5) is 17.6 Å². The second-order valence-corrected chi connectivity index (χ2v) is 9.54. The molecule has 0 unspecified atom stereocenters. The smallest absolute Gasteiger partial charge is 0.243 e. The van der Waals surface area contributed by atoms with Crippen molar-refractivity contribution in [1.82, 2.24) is 30.8 Å². The maximum atomic E-state index is 13.1. The number of aryl methyl sites for hydroxylation is 1. The molecule has 4 N–H and O–H groups in total. The Kier molecular flexibility index (Phi) is 5.99. The molecule has 2 aliphatic heterocycles. The number of carbonyl (C=O) groups excluding carboxylic acids is 1. The molecule has 4 heterocycles. The number of hydrogen-bond acceptors (Lipinski definition) is 7. The number of hydrogen-bond donors (Lipinski definition) is 4. The molecule has 32 heavy (non-hydrogen) atoms. The van der Waals surface area contributed by atoms with E-state index in [0.29, 0.717) is 11.9 Å². The fraction of sp³-hybridized carbons (Fsp3) is 0.652. The second-order valence-electron chi connectivity index (χ2n) is 9.54. The molecule has 9 heteroatoms. The SMILES string of the molecule is CC(C)c1cc(Nc2nc(N3CCC[C@H]3C(=O)N[C@@H]3CCCNC3)nc3c2CCC3)n[nH]1. The number of H-pyrrole nitrogens is 1. The summed E-state index contributed by atoms with van der Waals surface area (Å²) in [7, 11) is 0. The molecule has 3 aliphatic rings. The minimum atomic E-state index is -0.206. The first-order valence-electron chi connectivity index (χ1n) is 12.1. The molecule has 2 fully saturated rings. The van der Waals surface area contributed by atoms with Crippen LogP contribution in [-0.4, -0.2) is 57.8 Å². The molecular weight excluding hydrogens is 404 g/mol. The van der Waals surface area contributed by atoms with Crippen LogP contribution in [0.15, 0.2) is 6.07 Å². The van der Waals surface area contributed by atoms with Gasteiger partial charge in [0.05, 0.1) is 5.69 Å². The van der Waals surface area contributed by atoms with Crippen molar-refractivity contribution >= 4 is 23.5 Å². The van der Waals surface area contributed by atoms with Crippen LogP contribution in [0, 0.1) is 0 Å². The maximum Gasteiger partial charge on any atom is 0.243 e. The molecule has 0 saturated carbocycles. The summed E-state index contributed by atoms with van der Waals surface area (Å²) in [5.41, 5.74) is 3.36. The van der Waals surface area contributed by atoms with Gasteiger partial charge in [0, 0.05) is 36.5 Å². The fourth-order valence-corrected chi connectivity index (χ4v) is 5.02. The van der Waals surface area contributed by atoms with E-state index in [1.54, 1.807) is 0 Å². The van der Waals surface area contributed by atoms with Crippen LogP contribution in [0.5, 0.6) is 0 Å². The van der Waals surface area contributed by atoms with Gasteiger partial charge in [-0.15, -0.1) is 0 Å². The van der Waals surface area contributed by atoms with Crippen LogP contribution in [0.25, 0.3) is 0 Å². The second kappa shape index (κ2) is 9.05. The number of amides is 1. The average molecular weight is 439 g/mol. The Hall–Kier alpha value is -2.68. The standard InChI is InChI=1S/C23H34N8O/c1-14(2)18-12-20(30-29-18)27-21-16-7-3-8-17(16)26-23(28-21)31-11-5-9-19(31)22(32)25-15-6-4-10-24-13-15/h12,14-15,19,24H,3-11,13H2,1-2H3,(H,25,32)(H2,26,27,28,29,30)/t15-,19+/m1/s1. The highest BCUT2D eigenvalue weighted by Crippen LogP contribution is 2.32. The molecule has 0 bridgehead atoms. The maximum absolute atomic E-state index is 13.1. The molecular formula is C23H34N8O. The van der Waals surface area contributed by atoms with Crippen molar-refractivity contribution in [2.45, 2.75) is 76.8 Å². The van der Waals surface area contributed by atoms with Crippen LogP contribution in [0.2, 0.25) is 0 Å². The van der Waals surface area contributed by atoms with Crippen LogP contribution in [0.1, 0.15) is 68.8 Å². The minimum Gasteiger partial charge on any atom is -0.350 e. The average Bonchev–Trinajstić information content (AvgIpc) is 3.54. The van der Waals surface area contributed by atoms with Gasteiger partial charge in [0.2, 0.25) is 11.9 Å². The first-order valence-corrected chi connectivity index (χ1v) is 12.1. The minimum absolute atomic E-state index is 0.101. The summed E-state index contributed by atoms with van der Waals surface area (Å²) in [5.74, 6) is 2.74. The monoisotopic (exact) mass is 438 g/mol. The van der Waals surface area contributed by atoms with E-state index in [-0.39, 0.29) is 18.0 Å². The van der Waals surface area contributed by atoms with E-state index in [1.165, 1.54) is 5.56 Å². The normalized spacial score (nSPS) is 22.9. The van der Waals surface area contributed by atoms with Crippen LogP contribution >= 0.6 is 0 Å². The van der Waals surface area contributed by atoms with Crippen LogP contribution in [0.3, 0.4) is 0 Å². The Morgan fingerprint density at radius 2 is 2.09 bits per heavy atom. The van der Waals surface area contributed by atoms with Crippen molar-refractivity contribution in [3.8, 4) is 0 Å². The zero-order valence-corrected chi connectivity index (χ0v) is 19.1. The van der Waals surface area contributed by atoms with E-state index >= 15 is 0 Å². The Labute approximate surface area is 189 Å². The number of piperidine rings is 1. The predicted octanol–water partition coefficient (Wildman–Crippen LogP) is 2.39. The molecule has 1 aliphatic carbocycles. The number of rotatable bonds is 6. The summed E-state index contributed by atoms with van der Waals surface area (Å²) in [5, 5.41) is 17.6. The molecule has 9 nitrogen and oxygen atoms in total. The molecule has 2 aromatic rings. The lowest BCUT2D eigenvalue weighted by molar-refractivity contribution is -0.123. The number of carbonyl (C=O) groups is 1. The third-order valence-corrected chi connectivity index (χ3v) is 6.84. The van der Waals surface area contributed by atoms with Gasteiger partial charge < -0.3 is 20.9 Å². The van der Waals surface area contributed by atoms with Gasteiger partial charge in [-0.2, -0.15) is 10.1 Å². The van der Waals surface area contributed by atoms with E-state index in [0.717, 1.165) is 87.6 Å². The summed E-state index contributed by atoms with van der Waals surface area (Å²) in [6.07, 6.45) is 6.96. The predicted molar refractivity (Wildman–Crippen MR) is 124 cm³/mol. The van der Waals surface area contributed by atoms with Gasteiger partial charge in [0.1, 0.15) is 11.9 Å². The molecule has 2 aromatic heterocycles. The number of fused-ring (bicyclic) bond motifs is 1. The number of nitrogens with zero attached hydrogens (tertiary/aromatic N) is 4. The number of anilines is 3. The third-order valence-electron chi connectivity index (χ3n) is 6.84. The van der Waals surface area contributed by atoms with Crippen molar-refractivity contribution < 1.29 is 4.79 Å². The molecule has 1 amide bonds. The van der Waals surface area contributed by atoms with Gasteiger partial charge in [-0.1, -0.05) is 13.8 Å². The summed E-state index contributed by atoms with van der Waals surface area (Å²) >= 11 is 0. The summed E-state index contributed by atoms with van der Waals surface area (Å²) in [4.78, 5) is 25.0. The van der Waals surface area contributed by atoms with Gasteiger partial charge >= 0.3 is 0 Å². The van der Waals surface area contributed by atoms with Gasteiger partial charge in [0.15, 0.2) is 5.82 Å². The first-order chi connectivity index (χ1) is 15.6. The summed E-state index contributed by atoms with van der Waals surface area (Å²) in [6, 6.07) is 2.05. The zero-order chi connectivity index (χ0) is 22.1. The molecule has 2 atom stereocenters. The quantitative estimate of drug-likeness (QED) is 0.548. The molecule has 5 rings (SSSR count). The third kappa shape index (κ3) is 4.30. The summed E-state index contributed by atoms with van der Waals surface area (Å²) in [6.45, 7) is 6.97. The fourth-order valence-electron chi connectivity index (χ4n) is 5.02. The Balaban J connectivity index is 1.37. The van der Waals surface area contributed by atoms with Crippen molar-refractivity contribution in [1.29, 1.82) is 0 Å². The van der Waals surface area contributed by atoms with Crippen molar-refractivity contribution in [3.63, 3.8) is 0 Å². The topological polar surface area (TPSA) is 111 Å². The van der Waals surface area contributed by atoms with E-state index in [9.17, 15) is 4.79 Å². The molecule has 0 spiro atoms. The number of aromatic nitrogens is 4. The molecule has 2 saturated heterocycles. The lowest BCUT2D eigenvalue weighted by Gasteiger charge is -2.29. The molecule has 172 valence electrons. The van der Waals surface area contributed by atoms with E-state index in [1.807, 2.05) is 6.07 Å². The van der Waals surface area contributed by atoms with Crippen molar-refractivity contribution in [2.24, 2.45) is 0 Å². The highest BCUT2D eigenvalue weighted by molar-refractivity contribution is 5.85. The van der Waals surface area contributed by atoms with Gasteiger partial charge in [0.25, 0.3) is 0 Å². The van der Waals surface area contributed by atoms with Crippen LogP contribution in [-0.2, 0) is 17.6 Å². The largest absolute Gasteiger partial charge is 0.350 e. The van der Waals surface area contributed by atoms with Gasteiger partial charge in [-0.3, -0.25) is 9.89 Å². The van der Waals surface area contributed by atoms with E-state index < -0.39 is 0 Å². The molecule has 0 radical (unpaired) electrons. The van der Waals surface area contributed by atoms with Crippen LogP contribution < -0.4 is 20.9 Å². The van der Waals surface area contributed by atoms with E-state index in [2.05, 4.69) is 44.9 Å². The van der Waals surface area contributed by atoms with Gasteiger partial charge in [-0.05, 0) is 57.4 Å². The molecule has 0 aromatic carbocycles.